The molecule has 2 aromatic carbocycles. The van der Waals surface area contributed by atoms with Crippen LogP contribution in [-0.4, -0.2) is 57.3 Å². The van der Waals surface area contributed by atoms with E-state index in [1.165, 1.54) is 6.92 Å². The van der Waals surface area contributed by atoms with Crippen molar-refractivity contribution in [2.45, 2.75) is 26.0 Å². The second-order valence-corrected chi connectivity index (χ2v) is 8.32. The van der Waals surface area contributed by atoms with Crippen LogP contribution in [0.25, 0.3) is 10.8 Å². The molecule has 0 radical (unpaired) electrons. The first-order valence-corrected chi connectivity index (χ1v) is 10.1. The molecule has 0 unspecified atom stereocenters. The fraction of sp³-hybridized carbons (Fsp3) is 0.304. The summed E-state index contributed by atoms with van der Waals surface area (Å²) in [5.41, 5.74) is 0.706. The van der Waals surface area contributed by atoms with Crippen molar-refractivity contribution in [2.75, 3.05) is 6.54 Å². The summed E-state index contributed by atoms with van der Waals surface area (Å²) in [6.45, 7) is 2.95. The first kappa shape index (κ1) is 22.7. The molecule has 0 aromatic heterocycles. The van der Waals surface area contributed by atoms with E-state index in [1.807, 2.05) is 12.1 Å². The number of hydrogen-bond donors (Lipinski definition) is 1. The largest absolute Gasteiger partial charge is 1.00 e. The molecule has 3 heterocycles. The number of β-lactam (4-membered cyclic amide) rings is 1. The first-order valence-electron chi connectivity index (χ1n) is 10.1. The van der Waals surface area contributed by atoms with Crippen molar-refractivity contribution in [2.24, 2.45) is 11.8 Å². The fourth-order valence-electron chi connectivity index (χ4n) is 5.24. The van der Waals surface area contributed by atoms with E-state index in [4.69, 9.17) is 0 Å². The van der Waals surface area contributed by atoms with E-state index in [0.717, 1.165) is 15.2 Å². The standard InChI is InChI=1S/C23H20N2O6.Na/c1-10-15(19(23(30)31)25-18(10)16(11(2)26)22(25)29)9-24-20(27)13-7-3-5-12-6-4-8-14(17(12)13)21(24)28;/h3-8,10-11,16,18,26H,9H2,1-2H3,(H,30,31);/q;+1/p-1/t10-,11+,16+,18+;/m0./s1. The van der Waals surface area contributed by atoms with Gasteiger partial charge in [-0.1, -0.05) is 31.2 Å². The van der Waals surface area contributed by atoms with E-state index in [0.29, 0.717) is 16.5 Å². The maximum atomic E-state index is 13.2. The predicted molar refractivity (Wildman–Crippen MR) is 106 cm³/mol. The number of carboxylic acids is 1. The third kappa shape index (κ3) is 2.90. The quantitative estimate of drug-likeness (QED) is 0.313. The molecule has 2 aromatic rings. The molecule has 3 aliphatic heterocycles. The molecule has 0 saturated carbocycles. The van der Waals surface area contributed by atoms with Crippen molar-refractivity contribution in [3.8, 4) is 0 Å². The number of carbonyl (C=O) groups is 4. The summed E-state index contributed by atoms with van der Waals surface area (Å²) in [5.74, 6) is -4.25. The van der Waals surface area contributed by atoms with Gasteiger partial charge in [0.25, 0.3) is 11.8 Å². The third-order valence-corrected chi connectivity index (χ3v) is 6.69. The Morgan fingerprint density at radius 1 is 1.09 bits per heavy atom. The van der Waals surface area contributed by atoms with Crippen molar-refractivity contribution >= 4 is 34.5 Å². The Morgan fingerprint density at radius 2 is 1.66 bits per heavy atom. The zero-order valence-corrected chi connectivity index (χ0v) is 19.9. The van der Waals surface area contributed by atoms with E-state index in [-0.39, 0.29) is 47.4 Å². The second-order valence-electron chi connectivity index (χ2n) is 8.32. The van der Waals surface area contributed by atoms with Crippen molar-refractivity contribution in [3.05, 3.63) is 58.8 Å². The molecule has 4 atom stereocenters. The molecule has 1 saturated heterocycles. The van der Waals surface area contributed by atoms with E-state index < -0.39 is 47.7 Å². The molecular formula is C23H19N2NaO6. The van der Waals surface area contributed by atoms with Gasteiger partial charge in [0.05, 0.1) is 36.3 Å². The number of carbonyl (C=O) groups excluding carboxylic acids is 4. The molecule has 32 heavy (non-hydrogen) atoms. The molecule has 0 spiro atoms. The van der Waals surface area contributed by atoms with Gasteiger partial charge in [-0.3, -0.25) is 19.3 Å². The molecule has 0 aliphatic carbocycles. The van der Waals surface area contributed by atoms with Gasteiger partial charge in [-0.15, -0.1) is 0 Å². The van der Waals surface area contributed by atoms with Crippen LogP contribution in [0.5, 0.6) is 0 Å². The second kappa shape index (κ2) is 7.81. The molecule has 0 bridgehead atoms. The van der Waals surface area contributed by atoms with Gasteiger partial charge < -0.3 is 19.9 Å². The van der Waals surface area contributed by atoms with Crippen LogP contribution in [-0.2, 0) is 9.59 Å². The van der Waals surface area contributed by atoms with E-state index in [9.17, 15) is 29.4 Å². The van der Waals surface area contributed by atoms with Crippen LogP contribution < -0.4 is 34.7 Å². The average molecular weight is 442 g/mol. The SMILES string of the molecule is C[C@@H](O)[C@H]1C(=O)N2C(C(=O)[O-])=C(CN3C(=O)c4cccc5cccc(c45)C3=O)[C@H](C)[C@H]12.[Na+]. The molecule has 3 aliphatic rings. The zero-order chi connectivity index (χ0) is 22.2. The zero-order valence-electron chi connectivity index (χ0n) is 17.9. The monoisotopic (exact) mass is 442 g/mol. The van der Waals surface area contributed by atoms with Gasteiger partial charge in [-0.25, -0.2) is 0 Å². The predicted octanol–water partition coefficient (Wildman–Crippen LogP) is -2.70. The number of rotatable bonds is 4. The van der Waals surface area contributed by atoms with Crippen LogP contribution in [0.1, 0.15) is 34.6 Å². The summed E-state index contributed by atoms with van der Waals surface area (Å²) < 4.78 is 0. The first-order chi connectivity index (χ1) is 14.7. The Labute approximate surface area is 205 Å². The van der Waals surface area contributed by atoms with Gasteiger partial charge in [0.2, 0.25) is 5.91 Å². The topological polar surface area (TPSA) is 118 Å². The number of benzene rings is 2. The summed E-state index contributed by atoms with van der Waals surface area (Å²) in [4.78, 5) is 53.0. The van der Waals surface area contributed by atoms with Crippen LogP contribution in [0.15, 0.2) is 47.7 Å². The fourth-order valence-corrected chi connectivity index (χ4v) is 5.24. The van der Waals surface area contributed by atoms with Gasteiger partial charge in [-0.05, 0) is 30.0 Å². The third-order valence-electron chi connectivity index (χ3n) is 6.69. The molecule has 158 valence electrons. The maximum Gasteiger partial charge on any atom is 1.00 e. The number of nitrogens with zero attached hydrogens (tertiary/aromatic N) is 2. The molecule has 1 fully saturated rings. The summed E-state index contributed by atoms with van der Waals surface area (Å²) in [7, 11) is 0. The Bertz CT molecular complexity index is 1190. The van der Waals surface area contributed by atoms with Gasteiger partial charge in [0.1, 0.15) is 0 Å². The van der Waals surface area contributed by atoms with Gasteiger partial charge in [0.15, 0.2) is 0 Å². The number of amides is 3. The normalized spacial score (nSPS) is 25.0. The number of fused-ring (bicyclic) bond motifs is 1. The molecule has 1 N–H and O–H groups in total. The van der Waals surface area contributed by atoms with E-state index >= 15 is 0 Å². The number of aliphatic hydroxyl groups excluding tert-OH is 1. The number of carboxylic acid groups (broad SMARTS) is 1. The van der Waals surface area contributed by atoms with Crippen LogP contribution >= 0.6 is 0 Å². The van der Waals surface area contributed by atoms with E-state index in [2.05, 4.69) is 0 Å². The molecule has 3 amide bonds. The minimum atomic E-state index is -1.54. The Hall–Kier alpha value is -2.52. The number of hydrogen-bond acceptors (Lipinski definition) is 6. The summed E-state index contributed by atoms with van der Waals surface area (Å²) in [6.07, 6.45) is -0.943. The smallest absolute Gasteiger partial charge is 0.543 e. The minimum absolute atomic E-state index is 0. The Balaban J connectivity index is 0.00000245. The van der Waals surface area contributed by atoms with Crippen LogP contribution in [0.4, 0.5) is 0 Å². The van der Waals surface area contributed by atoms with Crippen molar-refractivity contribution in [3.63, 3.8) is 0 Å². The molecule has 8 nitrogen and oxygen atoms in total. The average Bonchev–Trinajstić information content (AvgIpc) is 2.97. The van der Waals surface area contributed by atoms with Crippen LogP contribution in [0, 0.1) is 11.8 Å². The minimum Gasteiger partial charge on any atom is -0.543 e. The maximum absolute atomic E-state index is 13.2. The van der Waals surface area contributed by atoms with Crippen LogP contribution in [0.3, 0.4) is 0 Å². The number of imide groups is 1. The molecular weight excluding hydrogens is 423 g/mol. The van der Waals surface area contributed by atoms with Gasteiger partial charge in [-0.2, -0.15) is 0 Å². The van der Waals surface area contributed by atoms with Gasteiger partial charge in [0, 0.05) is 22.4 Å². The van der Waals surface area contributed by atoms with E-state index in [1.54, 1.807) is 31.2 Å². The summed E-state index contributed by atoms with van der Waals surface area (Å²) >= 11 is 0. The summed E-state index contributed by atoms with van der Waals surface area (Å²) in [6, 6.07) is 9.84. The number of aliphatic carboxylic acids is 1. The number of aliphatic hydroxyl groups is 1. The molecule has 5 rings (SSSR count). The summed E-state index contributed by atoms with van der Waals surface area (Å²) in [5, 5.41) is 23.2. The van der Waals surface area contributed by atoms with Gasteiger partial charge >= 0.3 is 29.6 Å². The Kier molecular flexibility index (Phi) is 5.53. The molecule has 9 heteroatoms. The van der Waals surface area contributed by atoms with Crippen LogP contribution in [0.2, 0.25) is 0 Å². The van der Waals surface area contributed by atoms with Crippen molar-refractivity contribution in [1.82, 2.24) is 9.80 Å². The van der Waals surface area contributed by atoms with Crippen molar-refractivity contribution < 1.29 is 58.9 Å². The Morgan fingerprint density at radius 3 is 2.16 bits per heavy atom. The van der Waals surface area contributed by atoms with Crippen molar-refractivity contribution in [1.29, 1.82) is 0 Å².